The Morgan fingerprint density at radius 2 is 1.88 bits per heavy atom. The number of ether oxygens (including phenoxy) is 1. The standard InChI is InChI=1S/C10H8BrNO3S/c1-7-6-12-10(16(7,13)14)15-9-4-2-8(11)3-5-9/h2-6H,1H3. The van der Waals surface area contributed by atoms with Crippen LogP contribution < -0.4 is 4.74 Å². The van der Waals surface area contributed by atoms with Gasteiger partial charge >= 0.3 is 5.23 Å². The summed E-state index contributed by atoms with van der Waals surface area (Å²) < 4.78 is 29.4. The van der Waals surface area contributed by atoms with Crippen LogP contribution in [0.2, 0.25) is 0 Å². The van der Waals surface area contributed by atoms with Crippen molar-refractivity contribution in [1.82, 2.24) is 0 Å². The van der Waals surface area contributed by atoms with Gasteiger partial charge in [0.2, 0.25) is 0 Å². The number of rotatable bonds is 1. The van der Waals surface area contributed by atoms with E-state index < -0.39 is 9.84 Å². The van der Waals surface area contributed by atoms with Crippen LogP contribution in [0, 0.1) is 0 Å². The third-order valence-corrected chi connectivity index (χ3v) is 4.15. The molecule has 0 spiro atoms. The molecule has 0 N–H and O–H groups in total. The minimum absolute atomic E-state index is 0.194. The Morgan fingerprint density at radius 3 is 2.38 bits per heavy atom. The quantitative estimate of drug-likeness (QED) is 0.801. The molecule has 0 unspecified atom stereocenters. The first kappa shape index (κ1) is 11.3. The van der Waals surface area contributed by atoms with Gasteiger partial charge in [0.1, 0.15) is 5.75 Å². The molecular formula is C10H8BrNO3S. The lowest BCUT2D eigenvalue weighted by molar-refractivity contribution is 0.549. The van der Waals surface area contributed by atoms with Crippen LogP contribution in [0.3, 0.4) is 0 Å². The first-order valence-electron chi connectivity index (χ1n) is 4.43. The molecule has 2 rings (SSSR count). The summed E-state index contributed by atoms with van der Waals surface area (Å²) in [5, 5.41) is -0.271. The molecular weight excluding hydrogens is 294 g/mol. The molecule has 1 aliphatic rings. The van der Waals surface area contributed by atoms with Crippen molar-refractivity contribution in [2.24, 2.45) is 4.99 Å². The number of hydrogen-bond donors (Lipinski definition) is 0. The molecule has 0 amide bonds. The van der Waals surface area contributed by atoms with E-state index in [1.54, 1.807) is 24.3 Å². The predicted molar refractivity (Wildman–Crippen MR) is 64.9 cm³/mol. The third-order valence-electron chi connectivity index (χ3n) is 2.02. The van der Waals surface area contributed by atoms with E-state index in [0.717, 1.165) is 4.47 Å². The highest BCUT2D eigenvalue weighted by molar-refractivity contribution is 9.10. The molecule has 0 saturated carbocycles. The summed E-state index contributed by atoms with van der Waals surface area (Å²) in [5.41, 5.74) is 0. The smallest absolute Gasteiger partial charge is 0.319 e. The van der Waals surface area contributed by atoms with Gasteiger partial charge in [-0.25, -0.2) is 13.4 Å². The lowest BCUT2D eigenvalue weighted by Crippen LogP contribution is -2.18. The summed E-state index contributed by atoms with van der Waals surface area (Å²) in [6.45, 7) is 1.48. The first-order valence-corrected chi connectivity index (χ1v) is 6.71. The minimum atomic E-state index is -3.50. The molecule has 0 atom stereocenters. The zero-order valence-electron chi connectivity index (χ0n) is 8.34. The maximum atomic E-state index is 11.6. The zero-order valence-corrected chi connectivity index (χ0v) is 10.7. The van der Waals surface area contributed by atoms with Crippen LogP contribution >= 0.6 is 15.9 Å². The number of hydrogen-bond acceptors (Lipinski definition) is 4. The Balaban J connectivity index is 2.23. The van der Waals surface area contributed by atoms with E-state index in [1.165, 1.54) is 13.1 Å². The Labute approximate surface area is 102 Å². The largest absolute Gasteiger partial charge is 0.430 e. The normalized spacial score (nSPS) is 17.9. The maximum Gasteiger partial charge on any atom is 0.319 e. The third kappa shape index (κ3) is 2.03. The van der Waals surface area contributed by atoms with Gasteiger partial charge < -0.3 is 4.74 Å². The summed E-state index contributed by atoms with van der Waals surface area (Å²) >= 11 is 3.28. The van der Waals surface area contributed by atoms with Gasteiger partial charge in [0.05, 0.1) is 4.91 Å². The second-order valence-electron chi connectivity index (χ2n) is 3.19. The van der Waals surface area contributed by atoms with Crippen molar-refractivity contribution in [2.45, 2.75) is 6.92 Å². The van der Waals surface area contributed by atoms with E-state index >= 15 is 0 Å². The maximum absolute atomic E-state index is 11.6. The average molecular weight is 302 g/mol. The fourth-order valence-corrected chi connectivity index (χ4v) is 2.23. The van der Waals surface area contributed by atoms with Crippen LogP contribution in [0.4, 0.5) is 0 Å². The number of sulfone groups is 1. The SMILES string of the molecule is CC1=CN=C(Oc2ccc(Br)cc2)S1(=O)=O. The van der Waals surface area contributed by atoms with Crippen LogP contribution in [-0.2, 0) is 9.84 Å². The molecule has 0 radical (unpaired) electrons. The Kier molecular flexibility index (Phi) is 2.86. The summed E-state index contributed by atoms with van der Waals surface area (Å²) in [6, 6.07) is 6.85. The first-order chi connectivity index (χ1) is 7.50. The van der Waals surface area contributed by atoms with E-state index in [0.29, 0.717) is 5.75 Å². The van der Waals surface area contributed by atoms with E-state index in [-0.39, 0.29) is 10.1 Å². The number of nitrogens with zero attached hydrogens (tertiary/aromatic N) is 1. The van der Waals surface area contributed by atoms with Crippen LogP contribution in [0.1, 0.15) is 6.92 Å². The second kappa shape index (κ2) is 4.03. The van der Waals surface area contributed by atoms with Crippen molar-refractivity contribution in [3.63, 3.8) is 0 Å². The van der Waals surface area contributed by atoms with Crippen LogP contribution in [0.25, 0.3) is 0 Å². The lowest BCUT2D eigenvalue weighted by Gasteiger charge is -2.05. The van der Waals surface area contributed by atoms with Gasteiger partial charge in [-0.2, -0.15) is 0 Å². The lowest BCUT2D eigenvalue weighted by atomic mass is 10.3. The molecule has 6 heteroatoms. The fraction of sp³-hybridized carbons (Fsp3) is 0.100. The molecule has 0 aromatic heterocycles. The van der Waals surface area contributed by atoms with Crippen molar-refractivity contribution in [1.29, 1.82) is 0 Å². The number of benzene rings is 1. The Hall–Kier alpha value is -1.14. The number of allylic oxidation sites excluding steroid dienone is 1. The van der Waals surface area contributed by atoms with Crippen molar-refractivity contribution in [2.75, 3.05) is 0 Å². The van der Waals surface area contributed by atoms with Crippen molar-refractivity contribution in [3.8, 4) is 5.75 Å². The second-order valence-corrected chi connectivity index (χ2v) is 6.11. The van der Waals surface area contributed by atoms with Gasteiger partial charge in [-0.15, -0.1) is 0 Å². The van der Waals surface area contributed by atoms with Gasteiger partial charge in [-0.3, -0.25) is 0 Å². The molecule has 0 saturated heterocycles. The highest BCUT2D eigenvalue weighted by atomic mass is 79.9. The molecule has 0 bridgehead atoms. The van der Waals surface area contributed by atoms with Gasteiger partial charge in [0.15, 0.2) is 0 Å². The summed E-state index contributed by atoms with van der Waals surface area (Å²) in [4.78, 5) is 3.91. The molecule has 4 nitrogen and oxygen atoms in total. The highest BCUT2D eigenvalue weighted by Crippen LogP contribution is 2.21. The van der Waals surface area contributed by atoms with Gasteiger partial charge in [0.25, 0.3) is 9.84 Å². The van der Waals surface area contributed by atoms with Gasteiger partial charge in [0, 0.05) is 10.7 Å². The van der Waals surface area contributed by atoms with Gasteiger partial charge in [-0.1, -0.05) is 15.9 Å². The molecule has 1 heterocycles. The Morgan fingerprint density at radius 1 is 1.25 bits per heavy atom. The van der Waals surface area contributed by atoms with Crippen LogP contribution in [0.15, 0.2) is 44.8 Å². The van der Waals surface area contributed by atoms with Gasteiger partial charge in [-0.05, 0) is 31.2 Å². The molecule has 0 fully saturated rings. The fourth-order valence-electron chi connectivity index (χ4n) is 1.10. The molecule has 84 valence electrons. The van der Waals surface area contributed by atoms with Crippen molar-refractivity contribution in [3.05, 3.63) is 39.8 Å². The predicted octanol–water partition coefficient (Wildman–Crippen LogP) is 2.47. The molecule has 1 aromatic rings. The van der Waals surface area contributed by atoms with E-state index in [4.69, 9.17) is 4.74 Å². The number of aliphatic imine (C=N–C) groups is 1. The van der Waals surface area contributed by atoms with E-state index in [1.807, 2.05) is 0 Å². The minimum Gasteiger partial charge on any atom is -0.430 e. The van der Waals surface area contributed by atoms with E-state index in [2.05, 4.69) is 20.9 Å². The van der Waals surface area contributed by atoms with Crippen LogP contribution in [0.5, 0.6) is 5.75 Å². The van der Waals surface area contributed by atoms with Crippen molar-refractivity contribution < 1.29 is 13.2 Å². The number of halogens is 1. The Bertz CT molecular complexity index is 573. The summed E-state index contributed by atoms with van der Waals surface area (Å²) in [5.74, 6) is 0.439. The molecule has 0 aliphatic carbocycles. The van der Waals surface area contributed by atoms with Crippen molar-refractivity contribution >= 4 is 31.0 Å². The van der Waals surface area contributed by atoms with E-state index in [9.17, 15) is 8.42 Å². The summed E-state index contributed by atoms with van der Waals surface area (Å²) in [6.07, 6.45) is 1.28. The average Bonchev–Trinajstić information content (AvgIpc) is 2.48. The topological polar surface area (TPSA) is 55.7 Å². The molecule has 16 heavy (non-hydrogen) atoms. The monoisotopic (exact) mass is 301 g/mol. The molecule has 1 aromatic carbocycles. The summed E-state index contributed by atoms with van der Waals surface area (Å²) in [7, 11) is -3.50. The highest BCUT2D eigenvalue weighted by Gasteiger charge is 2.28. The molecule has 1 aliphatic heterocycles. The van der Waals surface area contributed by atoms with Crippen LogP contribution in [-0.4, -0.2) is 13.6 Å². The zero-order chi connectivity index (χ0) is 11.8.